The summed E-state index contributed by atoms with van der Waals surface area (Å²) in [7, 11) is 1.29. The lowest BCUT2D eigenvalue weighted by Gasteiger charge is -1.88. The Labute approximate surface area is 52.2 Å². The zero-order chi connectivity index (χ0) is 6.69. The summed E-state index contributed by atoms with van der Waals surface area (Å²) in [6.07, 6.45) is 3.53. The first-order valence-corrected chi connectivity index (χ1v) is 2.29. The molecule has 0 bridgehead atoms. The lowest BCUT2D eigenvalue weighted by atomic mass is 10.4. The highest BCUT2D eigenvalue weighted by atomic mass is 16.5. The molecule has 3 heteroatoms. The molecule has 0 amide bonds. The van der Waals surface area contributed by atoms with E-state index in [0.29, 0.717) is 0 Å². The van der Waals surface area contributed by atoms with Gasteiger partial charge in [-0.2, -0.15) is 0 Å². The molecule has 0 fully saturated rings. The fraction of sp³-hybridized carbons (Fsp3) is 0.167. The van der Waals surface area contributed by atoms with Crippen LogP contribution in [0, 0.1) is 12.3 Å². The van der Waals surface area contributed by atoms with Gasteiger partial charge in [-0.05, 0) is 0 Å². The van der Waals surface area contributed by atoms with Gasteiger partial charge in [0.25, 0.3) is 0 Å². The summed E-state index contributed by atoms with van der Waals surface area (Å²) in [6, 6.07) is 2.49. The van der Waals surface area contributed by atoms with Gasteiger partial charge in [-0.3, -0.25) is 0 Å². The number of hydrogen-bond donors (Lipinski definition) is 0. The topological polar surface area (TPSA) is 39.4 Å². The highest BCUT2D eigenvalue weighted by Crippen LogP contribution is 1.98. The zero-order valence-electron chi connectivity index (χ0n) is 4.80. The van der Waals surface area contributed by atoms with Crippen LogP contribution in [0.3, 0.4) is 0 Å². The van der Waals surface area contributed by atoms with Gasteiger partial charge < -0.3 is 9.15 Å². The lowest BCUT2D eigenvalue weighted by molar-refractivity contribution is 0.0599. The van der Waals surface area contributed by atoms with E-state index in [1.54, 1.807) is 0 Å². The Kier molecular flexibility index (Phi) is 1.53. The average molecular weight is 124 g/mol. The van der Waals surface area contributed by atoms with E-state index >= 15 is 0 Å². The summed E-state index contributed by atoms with van der Waals surface area (Å²) < 4.78 is 8.79. The number of ether oxygens (including phenoxy) is 1. The summed E-state index contributed by atoms with van der Waals surface area (Å²) in [4.78, 5) is 10.5. The Balaban J connectivity index is 2.77. The van der Waals surface area contributed by atoms with Crippen LogP contribution in [0.1, 0.15) is 10.4 Å². The first-order chi connectivity index (χ1) is 4.34. The molecule has 1 aromatic heterocycles. The molecule has 9 heavy (non-hydrogen) atoms. The second-order valence-electron chi connectivity index (χ2n) is 1.35. The Morgan fingerprint density at radius 1 is 1.89 bits per heavy atom. The third kappa shape index (κ3) is 1.10. The molecule has 0 unspecified atom stereocenters. The molecule has 0 N–H and O–H groups in total. The van der Waals surface area contributed by atoms with Crippen LogP contribution in [-0.2, 0) is 4.74 Å². The predicted molar refractivity (Wildman–Crippen MR) is 27.7 cm³/mol. The van der Waals surface area contributed by atoms with Gasteiger partial charge >= 0.3 is 5.97 Å². The van der Waals surface area contributed by atoms with Crippen LogP contribution in [0.4, 0.5) is 0 Å². The zero-order valence-corrected chi connectivity index (χ0v) is 4.80. The number of carbonyl (C=O) groups is 1. The van der Waals surface area contributed by atoms with Gasteiger partial charge in [-0.15, -0.1) is 0 Å². The number of rotatable bonds is 1. The maximum Gasteiger partial charge on any atom is 0.342 e. The minimum atomic E-state index is -0.483. The standard InChI is InChI=1S/C6H4O3/c1-8-6(7)5-2-3-9-4-5/h3H,1H3. The van der Waals surface area contributed by atoms with Crippen molar-refractivity contribution in [3.63, 3.8) is 0 Å². The van der Waals surface area contributed by atoms with E-state index in [0.717, 1.165) is 0 Å². The molecule has 3 nitrogen and oxygen atoms in total. The monoisotopic (exact) mass is 124 g/mol. The molecule has 0 aliphatic carbocycles. The van der Waals surface area contributed by atoms with E-state index < -0.39 is 5.97 Å². The van der Waals surface area contributed by atoms with Crippen molar-refractivity contribution in [3.05, 3.63) is 24.2 Å². The van der Waals surface area contributed by atoms with Crippen molar-refractivity contribution < 1.29 is 13.9 Å². The predicted octanol–water partition coefficient (Wildman–Crippen LogP) is 0.667. The van der Waals surface area contributed by atoms with E-state index in [1.165, 1.54) is 13.4 Å². The summed E-state index contributed by atoms with van der Waals surface area (Å²) in [6.45, 7) is 0. The van der Waals surface area contributed by atoms with Crippen LogP contribution in [0.15, 0.2) is 10.7 Å². The Hall–Kier alpha value is -1.25. The smallest absolute Gasteiger partial charge is 0.342 e. The van der Waals surface area contributed by atoms with Crippen molar-refractivity contribution in [1.82, 2.24) is 0 Å². The first kappa shape index (κ1) is 5.88. The maximum absolute atomic E-state index is 10.5. The lowest BCUT2D eigenvalue weighted by Crippen LogP contribution is -1.98. The van der Waals surface area contributed by atoms with Crippen LogP contribution in [0.2, 0.25) is 0 Å². The number of hydrogen-bond acceptors (Lipinski definition) is 3. The van der Waals surface area contributed by atoms with E-state index in [-0.39, 0.29) is 5.56 Å². The summed E-state index contributed by atoms with van der Waals surface area (Å²) in [5.41, 5.74) is 0.192. The highest BCUT2D eigenvalue weighted by molar-refractivity contribution is 5.88. The van der Waals surface area contributed by atoms with Crippen molar-refractivity contribution in [2.24, 2.45) is 0 Å². The largest absolute Gasteiger partial charge is 0.465 e. The number of esters is 1. The van der Waals surface area contributed by atoms with Crippen LogP contribution < -0.4 is 0 Å². The third-order valence-electron chi connectivity index (χ3n) is 0.813. The van der Waals surface area contributed by atoms with E-state index in [4.69, 9.17) is 0 Å². The second-order valence-corrected chi connectivity index (χ2v) is 1.35. The van der Waals surface area contributed by atoms with Crippen molar-refractivity contribution in [3.8, 4) is 0 Å². The molecule has 1 rings (SSSR count). The fourth-order valence-corrected chi connectivity index (χ4v) is 0.409. The van der Waals surface area contributed by atoms with Crippen molar-refractivity contribution >= 4 is 5.97 Å². The van der Waals surface area contributed by atoms with E-state index in [2.05, 4.69) is 21.5 Å². The van der Waals surface area contributed by atoms with E-state index in [1.807, 2.05) is 0 Å². The van der Waals surface area contributed by atoms with Gasteiger partial charge in [0.1, 0.15) is 11.8 Å². The van der Waals surface area contributed by atoms with Gasteiger partial charge in [-0.1, -0.05) is 0 Å². The SMILES string of the molecule is COC(=O)c1[c]co[c]1. The average Bonchev–Trinajstić information content (AvgIpc) is 2.37. The van der Waals surface area contributed by atoms with Gasteiger partial charge in [0, 0.05) is 6.07 Å². The molecule has 0 saturated carbocycles. The number of furan rings is 1. The molecule has 1 heterocycles. The Morgan fingerprint density at radius 2 is 2.67 bits per heavy atom. The fourth-order valence-electron chi connectivity index (χ4n) is 0.409. The second kappa shape index (κ2) is 2.35. The Bertz CT molecular complexity index is 188. The molecule has 46 valence electrons. The van der Waals surface area contributed by atoms with Crippen molar-refractivity contribution in [2.45, 2.75) is 0 Å². The molecule has 1 aromatic rings. The molecule has 0 aliphatic rings. The minimum absolute atomic E-state index is 0.192. The minimum Gasteiger partial charge on any atom is -0.465 e. The van der Waals surface area contributed by atoms with Crippen molar-refractivity contribution in [1.29, 1.82) is 0 Å². The number of carbonyl (C=O) groups excluding carboxylic acids is 1. The molecule has 0 aromatic carbocycles. The molecule has 0 aliphatic heterocycles. The van der Waals surface area contributed by atoms with Gasteiger partial charge in [-0.25, -0.2) is 4.79 Å². The van der Waals surface area contributed by atoms with Crippen molar-refractivity contribution in [2.75, 3.05) is 7.11 Å². The molecular formula is C6H4O3. The van der Waals surface area contributed by atoms with Crippen LogP contribution in [0.5, 0.6) is 0 Å². The normalized spacial score (nSPS) is 9.00. The summed E-state index contributed by atoms with van der Waals surface area (Å²) in [5, 5.41) is 0. The third-order valence-corrected chi connectivity index (χ3v) is 0.813. The molecule has 2 radical (unpaired) electrons. The van der Waals surface area contributed by atoms with E-state index in [9.17, 15) is 4.79 Å². The van der Waals surface area contributed by atoms with Crippen LogP contribution >= 0.6 is 0 Å². The maximum atomic E-state index is 10.5. The van der Waals surface area contributed by atoms with Crippen LogP contribution in [-0.4, -0.2) is 13.1 Å². The Morgan fingerprint density at radius 3 is 3.11 bits per heavy atom. The summed E-state index contributed by atoms with van der Waals surface area (Å²) >= 11 is 0. The highest BCUT2D eigenvalue weighted by Gasteiger charge is 2.05. The van der Waals surface area contributed by atoms with Gasteiger partial charge in [0.15, 0.2) is 6.26 Å². The molecule has 0 atom stereocenters. The van der Waals surface area contributed by atoms with Crippen LogP contribution in [0.25, 0.3) is 0 Å². The number of methoxy groups -OCH3 is 1. The molecule has 0 spiro atoms. The van der Waals surface area contributed by atoms with Gasteiger partial charge in [0.05, 0.1) is 7.11 Å². The molecule has 0 saturated heterocycles. The quantitative estimate of drug-likeness (QED) is 0.516. The summed E-state index contributed by atoms with van der Waals surface area (Å²) in [5.74, 6) is -0.483. The van der Waals surface area contributed by atoms with Gasteiger partial charge in [0.2, 0.25) is 0 Å². The molecular weight excluding hydrogens is 120 g/mol. The first-order valence-electron chi connectivity index (χ1n) is 2.29.